The third kappa shape index (κ3) is 4.80. The first kappa shape index (κ1) is 22.6. The Hall–Kier alpha value is -2.07. The van der Waals surface area contributed by atoms with E-state index < -0.39 is 0 Å². The molecule has 1 N–H and O–H groups in total. The molecule has 3 aromatic rings. The van der Waals surface area contributed by atoms with Crippen molar-refractivity contribution in [1.82, 2.24) is 4.90 Å². The van der Waals surface area contributed by atoms with Crippen molar-refractivity contribution in [2.24, 2.45) is 0 Å². The van der Waals surface area contributed by atoms with E-state index in [4.69, 9.17) is 23.2 Å². The van der Waals surface area contributed by atoms with Crippen LogP contribution in [0.2, 0.25) is 10.0 Å². The summed E-state index contributed by atoms with van der Waals surface area (Å²) in [5, 5.41) is 13.9. The minimum absolute atomic E-state index is 0. The summed E-state index contributed by atoms with van der Waals surface area (Å²) in [5.74, 6) is -0.367. The maximum atomic E-state index is 12.7. The molecule has 0 unspecified atom stereocenters. The van der Waals surface area contributed by atoms with Gasteiger partial charge in [-0.3, -0.25) is 9.69 Å². The Labute approximate surface area is 195 Å². The van der Waals surface area contributed by atoms with Gasteiger partial charge in [-0.05, 0) is 35.7 Å². The number of nitrogens with one attached hydrogen (secondary N) is 1. The number of amides is 1. The molecule has 1 aromatic heterocycles. The fourth-order valence-corrected chi connectivity index (χ4v) is 5.09. The van der Waals surface area contributed by atoms with Gasteiger partial charge in [0.15, 0.2) is 0 Å². The van der Waals surface area contributed by atoms with Crippen LogP contribution in [-0.4, -0.2) is 17.4 Å². The quantitative estimate of drug-likeness (QED) is 0.488. The van der Waals surface area contributed by atoms with Gasteiger partial charge in [0.05, 0.1) is 16.1 Å². The van der Waals surface area contributed by atoms with Crippen LogP contribution in [0.15, 0.2) is 48.5 Å². The summed E-state index contributed by atoms with van der Waals surface area (Å²) in [4.78, 5) is 16.2. The van der Waals surface area contributed by atoms with E-state index in [1.54, 1.807) is 12.1 Å². The molecule has 0 spiro atoms. The molecule has 4 rings (SSSR count). The molecule has 8 heteroatoms. The predicted octanol–water partition coefficient (Wildman–Crippen LogP) is 6.16. The number of benzene rings is 2. The molecule has 154 valence electrons. The Morgan fingerprint density at radius 3 is 2.70 bits per heavy atom. The van der Waals surface area contributed by atoms with Crippen molar-refractivity contribution >= 4 is 57.9 Å². The first-order valence-electron chi connectivity index (χ1n) is 9.12. The van der Waals surface area contributed by atoms with E-state index in [1.165, 1.54) is 23.0 Å². The lowest BCUT2D eigenvalue weighted by atomic mass is 10.0. The van der Waals surface area contributed by atoms with Crippen molar-refractivity contribution in [3.05, 3.63) is 85.7 Å². The van der Waals surface area contributed by atoms with Crippen LogP contribution in [0.4, 0.5) is 5.00 Å². The Bertz CT molecular complexity index is 1110. The van der Waals surface area contributed by atoms with Gasteiger partial charge in [-0.25, -0.2) is 0 Å². The van der Waals surface area contributed by atoms with Crippen molar-refractivity contribution in [2.75, 3.05) is 11.9 Å². The number of nitrogens with zero attached hydrogens (tertiary/aromatic N) is 2. The first-order chi connectivity index (χ1) is 14.0. The number of halogens is 3. The van der Waals surface area contributed by atoms with E-state index in [0.717, 1.165) is 36.5 Å². The van der Waals surface area contributed by atoms with E-state index in [-0.39, 0.29) is 18.3 Å². The summed E-state index contributed by atoms with van der Waals surface area (Å²) in [6.07, 6.45) is 0.787. The lowest BCUT2D eigenvalue weighted by Crippen LogP contribution is -2.29. The molecule has 1 aliphatic rings. The van der Waals surface area contributed by atoms with Crippen molar-refractivity contribution in [3.63, 3.8) is 0 Å². The Balaban J connectivity index is 0.00000256. The highest BCUT2D eigenvalue weighted by Crippen LogP contribution is 2.37. The Morgan fingerprint density at radius 1 is 1.20 bits per heavy atom. The third-order valence-corrected chi connectivity index (χ3v) is 6.59. The summed E-state index contributed by atoms with van der Waals surface area (Å²) in [5.41, 5.74) is 3.14. The van der Waals surface area contributed by atoms with Crippen LogP contribution < -0.4 is 5.32 Å². The second-order valence-corrected chi connectivity index (χ2v) is 8.79. The van der Waals surface area contributed by atoms with Crippen molar-refractivity contribution in [2.45, 2.75) is 19.5 Å². The van der Waals surface area contributed by atoms with E-state index >= 15 is 0 Å². The van der Waals surface area contributed by atoms with Crippen LogP contribution in [0.25, 0.3) is 0 Å². The summed E-state index contributed by atoms with van der Waals surface area (Å²) >= 11 is 13.6. The van der Waals surface area contributed by atoms with Crippen molar-refractivity contribution in [1.29, 1.82) is 5.26 Å². The number of carbonyl (C=O) groups excluding carboxylic acids is 1. The molecule has 0 radical (unpaired) electrons. The molecule has 2 aromatic carbocycles. The van der Waals surface area contributed by atoms with Crippen LogP contribution in [-0.2, 0) is 19.5 Å². The molecule has 2 heterocycles. The van der Waals surface area contributed by atoms with E-state index in [1.807, 2.05) is 18.2 Å². The van der Waals surface area contributed by atoms with Gasteiger partial charge in [0.2, 0.25) is 0 Å². The molecule has 0 aliphatic carbocycles. The molecule has 1 amide bonds. The highest BCUT2D eigenvalue weighted by Gasteiger charge is 2.26. The van der Waals surface area contributed by atoms with Crippen molar-refractivity contribution in [3.8, 4) is 6.07 Å². The maximum Gasteiger partial charge on any atom is 0.257 e. The van der Waals surface area contributed by atoms with Crippen LogP contribution >= 0.6 is 46.9 Å². The fraction of sp³-hybridized carbons (Fsp3) is 0.182. The van der Waals surface area contributed by atoms with Gasteiger partial charge >= 0.3 is 0 Å². The van der Waals surface area contributed by atoms with Gasteiger partial charge in [-0.15, -0.1) is 23.7 Å². The topological polar surface area (TPSA) is 56.1 Å². The van der Waals surface area contributed by atoms with Crippen LogP contribution in [0, 0.1) is 11.3 Å². The molecule has 0 saturated heterocycles. The van der Waals surface area contributed by atoms with Gasteiger partial charge in [0.1, 0.15) is 11.1 Å². The van der Waals surface area contributed by atoms with Gasteiger partial charge in [-0.1, -0.05) is 53.5 Å². The molecule has 30 heavy (non-hydrogen) atoms. The molecule has 0 bridgehead atoms. The van der Waals surface area contributed by atoms with E-state index in [0.29, 0.717) is 26.2 Å². The largest absolute Gasteiger partial charge is 0.312 e. The normalized spacial score (nSPS) is 13.1. The summed E-state index contributed by atoms with van der Waals surface area (Å²) in [6, 6.07) is 17.3. The average Bonchev–Trinajstić information content (AvgIpc) is 3.06. The number of hydrogen-bond donors (Lipinski definition) is 1. The fourth-order valence-electron chi connectivity index (χ4n) is 3.48. The lowest BCUT2D eigenvalue weighted by Gasteiger charge is -2.26. The van der Waals surface area contributed by atoms with E-state index in [2.05, 4.69) is 28.4 Å². The zero-order chi connectivity index (χ0) is 20.4. The molecule has 0 atom stereocenters. The number of anilines is 1. The number of thiophene rings is 1. The number of hydrogen-bond acceptors (Lipinski definition) is 4. The summed E-state index contributed by atoms with van der Waals surface area (Å²) in [6.45, 7) is 2.50. The second kappa shape index (κ2) is 9.82. The SMILES string of the molecule is Cl.N#Cc1c(NC(=O)c2cc(Cl)ccc2Cl)sc2c1CCN(Cc1ccccc1)C2. The highest BCUT2D eigenvalue weighted by atomic mass is 35.5. The Kier molecular flexibility index (Phi) is 7.41. The number of fused-ring (bicyclic) bond motifs is 1. The number of rotatable bonds is 4. The predicted molar refractivity (Wildman–Crippen MR) is 125 cm³/mol. The van der Waals surface area contributed by atoms with Gasteiger partial charge < -0.3 is 5.32 Å². The maximum absolute atomic E-state index is 12.7. The molecular formula is C22H18Cl3N3OS. The van der Waals surface area contributed by atoms with Gasteiger partial charge in [-0.2, -0.15) is 5.26 Å². The van der Waals surface area contributed by atoms with Gasteiger partial charge in [0.25, 0.3) is 5.91 Å². The third-order valence-electron chi connectivity index (χ3n) is 4.90. The number of carbonyl (C=O) groups is 1. The first-order valence-corrected chi connectivity index (χ1v) is 10.7. The standard InChI is InChI=1S/C22H17Cl2N3OS.ClH/c23-15-6-7-19(24)17(10-15)21(28)26-22-18(11-25)16-8-9-27(13-20(16)29-22)12-14-4-2-1-3-5-14;/h1-7,10H,8-9,12-13H2,(H,26,28);1H. The average molecular weight is 479 g/mol. The lowest BCUT2D eigenvalue weighted by molar-refractivity contribution is 0.102. The molecule has 0 saturated carbocycles. The van der Waals surface area contributed by atoms with Crippen molar-refractivity contribution < 1.29 is 4.79 Å². The molecule has 1 aliphatic heterocycles. The smallest absolute Gasteiger partial charge is 0.257 e. The van der Waals surface area contributed by atoms with Crippen LogP contribution in [0.1, 0.15) is 31.9 Å². The second-order valence-electron chi connectivity index (χ2n) is 6.84. The summed E-state index contributed by atoms with van der Waals surface area (Å²) < 4.78 is 0. The molecule has 0 fully saturated rings. The van der Waals surface area contributed by atoms with Gasteiger partial charge in [0, 0.05) is 29.5 Å². The Morgan fingerprint density at radius 2 is 1.97 bits per heavy atom. The zero-order valence-corrected chi connectivity index (χ0v) is 19.0. The minimum atomic E-state index is -0.367. The van der Waals surface area contributed by atoms with Crippen LogP contribution in [0.5, 0.6) is 0 Å². The highest BCUT2D eigenvalue weighted by molar-refractivity contribution is 7.16. The van der Waals surface area contributed by atoms with Crippen LogP contribution in [0.3, 0.4) is 0 Å². The minimum Gasteiger partial charge on any atom is -0.312 e. The molecule has 4 nitrogen and oxygen atoms in total. The zero-order valence-electron chi connectivity index (χ0n) is 15.8. The molecular weight excluding hydrogens is 461 g/mol. The number of nitriles is 1. The monoisotopic (exact) mass is 477 g/mol. The van der Waals surface area contributed by atoms with E-state index in [9.17, 15) is 10.1 Å². The summed E-state index contributed by atoms with van der Waals surface area (Å²) in [7, 11) is 0.